The summed E-state index contributed by atoms with van der Waals surface area (Å²) in [5.74, 6) is -0.00831. The predicted octanol–water partition coefficient (Wildman–Crippen LogP) is 2.53. The van der Waals surface area contributed by atoms with Crippen molar-refractivity contribution < 1.29 is 4.79 Å². The Hall–Kier alpha value is -1.25. The average molecular weight is 208 g/mol. The number of nitrogens with two attached hydrogens (primary N) is 1. The number of carbonyl (C=O) groups excluding carboxylic acids is 1. The van der Waals surface area contributed by atoms with Crippen molar-refractivity contribution in [3.8, 4) is 0 Å². The van der Waals surface area contributed by atoms with Crippen LogP contribution in [0.15, 0.2) is 6.07 Å². The standard InChI is InChI=1S/C12H20N2O/c1-7(2)9-6-8(12(3,4)5)10(14-9)11(13)15/h6-7,14H,1-5H3,(H2,13,15). The molecule has 3 heteroatoms. The molecular formula is C12H20N2O. The Bertz CT molecular complexity index is 369. The van der Waals surface area contributed by atoms with Gasteiger partial charge in [0.15, 0.2) is 0 Å². The Morgan fingerprint density at radius 1 is 1.40 bits per heavy atom. The van der Waals surface area contributed by atoms with Gasteiger partial charge in [0, 0.05) is 5.69 Å². The van der Waals surface area contributed by atoms with Gasteiger partial charge in [-0.1, -0.05) is 34.6 Å². The molecule has 0 unspecified atom stereocenters. The first kappa shape index (κ1) is 11.8. The van der Waals surface area contributed by atoms with Crippen LogP contribution in [0, 0.1) is 0 Å². The number of aromatic nitrogens is 1. The number of H-pyrrole nitrogens is 1. The van der Waals surface area contributed by atoms with Gasteiger partial charge in [-0.25, -0.2) is 0 Å². The van der Waals surface area contributed by atoms with Crippen LogP contribution in [0.2, 0.25) is 0 Å². The SMILES string of the molecule is CC(C)c1cc(C(C)(C)C)c(C(N)=O)[nH]1. The molecule has 84 valence electrons. The van der Waals surface area contributed by atoms with Gasteiger partial charge in [-0.3, -0.25) is 4.79 Å². The highest BCUT2D eigenvalue weighted by atomic mass is 16.1. The van der Waals surface area contributed by atoms with Crippen LogP contribution in [0.5, 0.6) is 0 Å². The van der Waals surface area contributed by atoms with Gasteiger partial charge in [-0.2, -0.15) is 0 Å². The van der Waals surface area contributed by atoms with Crippen molar-refractivity contribution in [2.24, 2.45) is 5.73 Å². The van der Waals surface area contributed by atoms with Crippen molar-refractivity contribution in [2.45, 2.75) is 46.0 Å². The molecule has 0 atom stereocenters. The summed E-state index contributed by atoms with van der Waals surface area (Å²) in [6.45, 7) is 10.4. The number of nitrogens with one attached hydrogen (secondary N) is 1. The number of hydrogen-bond donors (Lipinski definition) is 2. The second kappa shape index (κ2) is 3.72. The van der Waals surface area contributed by atoms with Gasteiger partial charge in [0.25, 0.3) is 5.91 Å². The van der Waals surface area contributed by atoms with Crippen molar-refractivity contribution >= 4 is 5.91 Å². The molecule has 0 fully saturated rings. The molecule has 1 aromatic heterocycles. The maximum absolute atomic E-state index is 11.3. The first-order valence-electron chi connectivity index (χ1n) is 5.26. The van der Waals surface area contributed by atoms with Crippen molar-refractivity contribution in [1.29, 1.82) is 0 Å². The summed E-state index contributed by atoms with van der Waals surface area (Å²) in [6.07, 6.45) is 0. The van der Waals surface area contributed by atoms with Gasteiger partial charge in [-0.05, 0) is 23.0 Å². The number of amides is 1. The summed E-state index contributed by atoms with van der Waals surface area (Å²) in [5.41, 5.74) is 7.90. The summed E-state index contributed by atoms with van der Waals surface area (Å²) in [7, 11) is 0. The van der Waals surface area contributed by atoms with Crippen molar-refractivity contribution in [2.75, 3.05) is 0 Å². The van der Waals surface area contributed by atoms with E-state index in [9.17, 15) is 4.79 Å². The molecule has 0 saturated heterocycles. The Kier molecular flexibility index (Phi) is 2.93. The molecule has 0 saturated carbocycles. The van der Waals surface area contributed by atoms with E-state index in [1.807, 2.05) is 6.07 Å². The van der Waals surface area contributed by atoms with E-state index in [0.29, 0.717) is 11.6 Å². The lowest BCUT2D eigenvalue weighted by atomic mass is 9.86. The molecule has 1 heterocycles. The smallest absolute Gasteiger partial charge is 0.265 e. The van der Waals surface area contributed by atoms with E-state index in [4.69, 9.17) is 5.73 Å². The highest BCUT2D eigenvalue weighted by Crippen LogP contribution is 2.28. The number of hydrogen-bond acceptors (Lipinski definition) is 1. The zero-order valence-corrected chi connectivity index (χ0v) is 10.1. The molecule has 1 aromatic rings. The minimum Gasteiger partial charge on any atom is -0.364 e. The van der Waals surface area contributed by atoms with Gasteiger partial charge < -0.3 is 10.7 Å². The third kappa shape index (κ3) is 2.41. The molecule has 0 radical (unpaired) electrons. The van der Waals surface area contributed by atoms with Crippen LogP contribution in [0.25, 0.3) is 0 Å². The van der Waals surface area contributed by atoms with Crippen LogP contribution in [-0.4, -0.2) is 10.9 Å². The van der Waals surface area contributed by atoms with Gasteiger partial charge in [0.2, 0.25) is 0 Å². The topological polar surface area (TPSA) is 58.9 Å². The lowest BCUT2D eigenvalue weighted by Gasteiger charge is -2.18. The predicted molar refractivity (Wildman–Crippen MR) is 62.1 cm³/mol. The zero-order valence-electron chi connectivity index (χ0n) is 10.1. The molecule has 0 bridgehead atoms. The first-order valence-corrected chi connectivity index (χ1v) is 5.26. The summed E-state index contributed by atoms with van der Waals surface area (Å²) < 4.78 is 0. The molecule has 1 amide bonds. The van der Waals surface area contributed by atoms with Crippen LogP contribution >= 0.6 is 0 Å². The molecule has 0 spiro atoms. The third-order valence-corrected chi connectivity index (χ3v) is 2.51. The largest absolute Gasteiger partial charge is 0.364 e. The Morgan fingerprint density at radius 2 is 1.93 bits per heavy atom. The van der Waals surface area contributed by atoms with Crippen molar-refractivity contribution in [3.05, 3.63) is 23.0 Å². The first-order chi connectivity index (χ1) is 6.73. The summed E-state index contributed by atoms with van der Waals surface area (Å²) in [4.78, 5) is 14.4. The van der Waals surface area contributed by atoms with E-state index >= 15 is 0 Å². The molecule has 3 N–H and O–H groups in total. The van der Waals surface area contributed by atoms with E-state index in [-0.39, 0.29) is 11.3 Å². The number of primary amides is 1. The zero-order chi connectivity index (χ0) is 11.8. The third-order valence-electron chi connectivity index (χ3n) is 2.51. The monoisotopic (exact) mass is 208 g/mol. The number of rotatable bonds is 2. The van der Waals surface area contributed by atoms with Crippen LogP contribution in [0.1, 0.15) is 62.3 Å². The fraction of sp³-hybridized carbons (Fsp3) is 0.583. The summed E-state index contributed by atoms with van der Waals surface area (Å²) in [6, 6.07) is 2.05. The quantitative estimate of drug-likeness (QED) is 0.771. The van der Waals surface area contributed by atoms with Crippen LogP contribution in [0.4, 0.5) is 0 Å². The van der Waals surface area contributed by atoms with Crippen LogP contribution in [-0.2, 0) is 5.41 Å². The maximum atomic E-state index is 11.3. The molecule has 0 aliphatic rings. The fourth-order valence-corrected chi connectivity index (χ4v) is 1.57. The molecule has 0 aromatic carbocycles. The highest BCUT2D eigenvalue weighted by Gasteiger charge is 2.23. The lowest BCUT2D eigenvalue weighted by molar-refractivity contribution is 0.0994. The van der Waals surface area contributed by atoms with Gasteiger partial charge in [0.05, 0.1) is 0 Å². The Labute approximate surface area is 91.1 Å². The second-order valence-corrected chi connectivity index (χ2v) is 5.28. The van der Waals surface area contributed by atoms with E-state index in [2.05, 4.69) is 39.6 Å². The van der Waals surface area contributed by atoms with Crippen molar-refractivity contribution in [3.63, 3.8) is 0 Å². The molecule has 15 heavy (non-hydrogen) atoms. The molecule has 3 nitrogen and oxygen atoms in total. The maximum Gasteiger partial charge on any atom is 0.265 e. The average Bonchev–Trinajstić information content (AvgIpc) is 2.45. The highest BCUT2D eigenvalue weighted by molar-refractivity contribution is 5.93. The van der Waals surface area contributed by atoms with Crippen LogP contribution in [0.3, 0.4) is 0 Å². The van der Waals surface area contributed by atoms with E-state index in [0.717, 1.165) is 11.3 Å². The minimum absolute atomic E-state index is 0.0615. The van der Waals surface area contributed by atoms with Crippen LogP contribution < -0.4 is 5.73 Å². The van der Waals surface area contributed by atoms with Gasteiger partial charge in [-0.15, -0.1) is 0 Å². The van der Waals surface area contributed by atoms with E-state index < -0.39 is 0 Å². The van der Waals surface area contributed by atoms with Gasteiger partial charge >= 0.3 is 0 Å². The van der Waals surface area contributed by atoms with Crippen molar-refractivity contribution in [1.82, 2.24) is 4.98 Å². The second-order valence-electron chi connectivity index (χ2n) is 5.28. The minimum atomic E-state index is -0.383. The van der Waals surface area contributed by atoms with E-state index in [1.165, 1.54) is 0 Å². The molecule has 0 aliphatic heterocycles. The molecule has 0 aliphatic carbocycles. The normalized spacial score (nSPS) is 12.1. The number of aromatic amines is 1. The molecule has 1 rings (SSSR count). The van der Waals surface area contributed by atoms with Gasteiger partial charge in [0.1, 0.15) is 5.69 Å². The van der Waals surface area contributed by atoms with E-state index in [1.54, 1.807) is 0 Å². The lowest BCUT2D eigenvalue weighted by Crippen LogP contribution is -2.20. The summed E-state index contributed by atoms with van der Waals surface area (Å²) >= 11 is 0. The Morgan fingerprint density at radius 3 is 2.20 bits per heavy atom. The Balaban J connectivity index is 3.30. The summed E-state index contributed by atoms with van der Waals surface area (Å²) in [5, 5.41) is 0. The number of carbonyl (C=O) groups is 1. The molecular weight excluding hydrogens is 188 g/mol. The fourth-order valence-electron chi connectivity index (χ4n) is 1.57.